The third-order valence-corrected chi connectivity index (χ3v) is 5.09. The van der Waals surface area contributed by atoms with E-state index in [1.165, 1.54) is 11.0 Å². The largest absolute Gasteiger partial charge is 0.349 e. The van der Waals surface area contributed by atoms with E-state index >= 15 is 0 Å². The first-order valence-electron chi connectivity index (χ1n) is 8.71. The van der Waals surface area contributed by atoms with Gasteiger partial charge in [-0.05, 0) is 56.2 Å². The zero-order chi connectivity index (χ0) is 20.6. The Morgan fingerprint density at radius 1 is 1.18 bits per heavy atom. The summed E-state index contributed by atoms with van der Waals surface area (Å²) in [6, 6.07) is 11.3. The van der Waals surface area contributed by atoms with Crippen molar-refractivity contribution >= 4 is 35.0 Å². The maximum atomic E-state index is 13.1. The summed E-state index contributed by atoms with van der Waals surface area (Å²) in [5, 5.41) is 12.5. The van der Waals surface area contributed by atoms with Crippen LogP contribution in [-0.2, 0) is 11.3 Å². The van der Waals surface area contributed by atoms with Crippen LogP contribution in [0.4, 0.5) is 0 Å². The van der Waals surface area contributed by atoms with Gasteiger partial charge in [0.25, 0.3) is 5.91 Å². The van der Waals surface area contributed by atoms with Gasteiger partial charge in [0.15, 0.2) is 0 Å². The molecule has 2 amide bonds. The van der Waals surface area contributed by atoms with Crippen molar-refractivity contribution in [2.75, 3.05) is 0 Å². The normalized spacial score (nSPS) is 15.9. The van der Waals surface area contributed by atoms with Gasteiger partial charge < -0.3 is 10.2 Å². The summed E-state index contributed by atoms with van der Waals surface area (Å²) in [7, 11) is 0. The van der Waals surface area contributed by atoms with Gasteiger partial charge in [0, 0.05) is 17.6 Å². The maximum absolute atomic E-state index is 13.1. The van der Waals surface area contributed by atoms with Gasteiger partial charge in [0.1, 0.15) is 6.04 Å². The van der Waals surface area contributed by atoms with E-state index in [1.54, 1.807) is 30.3 Å². The van der Waals surface area contributed by atoms with Gasteiger partial charge in [-0.15, -0.1) is 0 Å². The highest BCUT2D eigenvalue weighted by molar-refractivity contribution is 6.42. The zero-order valence-corrected chi connectivity index (χ0v) is 17.2. The van der Waals surface area contributed by atoms with Crippen LogP contribution in [0.3, 0.4) is 0 Å². The fraction of sp³-hybridized carbons (Fsp3) is 0.286. The van der Waals surface area contributed by atoms with Gasteiger partial charge in [-0.1, -0.05) is 35.3 Å². The number of amides is 2. The number of halogens is 2. The van der Waals surface area contributed by atoms with Crippen LogP contribution in [0, 0.1) is 11.3 Å². The summed E-state index contributed by atoms with van der Waals surface area (Å²) in [5.74, 6) is -0.571. The van der Waals surface area contributed by atoms with Crippen LogP contribution < -0.4 is 5.32 Å². The Hall–Kier alpha value is -2.55. The fourth-order valence-electron chi connectivity index (χ4n) is 3.18. The summed E-state index contributed by atoms with van der Waals surface area (Å²) in [4.78, 5) is 27.6. The lowest BCUT2D eigenvalue weighted by Gasteiger charge is -2.29. The number of benzene rings is 2. The molecule has 2 aromatic carbocycles. The topological polar surface area (TPSA) is 73.2 Å². The lowest BCUT2D eigenvalue weighted by atomic mass is 10.0. The van der Waals surface area contributed by atoms with Gasteiger partial charge in [-0.25, -0.2) is 0 Å². The van der Waals surface area contributed by atoms with Crippen LogP contribution in [0.2, 0.25) is 10.0 Å². The minimum atomic E-state index is -0.813. The molecule has 0 fully saturated rings. The van der Waals surface area contributed by atoms with E-state index in [0.29, 0.717) is 21.7 Å². The maximum Gasteiger partial charge on any atom is 0.255 e. The summed E-state index contributed by atoms with van der Waals surface area (Å²) in [5.41, 5.74) is 1.79. The third kappa shape index (κ3) is 3.99. The molecule has 0 aliphatic carbocycles. The SMILES string of the molecule is CC(C)(C)NC(=O)C1c2cc(Cl)c(Cl)cc2C(=O)N1Cc1ccc(C#N)cc1. The molecule has 144 valence electrons. The van der Waals surface area contributed by atoms with E-state index in [-0.39, 0.29) is 23.4 Å². The number of carbonyl (C=O) groups is 2. The number of nitrogens with zero attached hydrogens (tertiary/aromatic N) is 2. The molecule has 0 aromatic heterocycles. The molecule has 28 heavy (non-hydrogen) atoms. The van der Waals surface area contributed by atoms with Crippen molar-refractivity contribution in [2.24, 2.45) is 0 Å². The Morgan fingerprint density at radius 2 is 1.79 bits per heavy atom. The standard InChI is InChI=1S/C21H19Cl2N3O2/c1-21(2,3)25-19(27)18-14-8-16(22)17(23)9-15(14)20(28)26(18)11-13-6-4-12(10-24)5-7-13/h4-9,18H,11H2,1-3H3,(H,25,27). The highest BCUT2D eigenvalue weighted by atomic mass is 35.5. The van der Waals surface area contributed by atoms with E-state index in [9.17, 15) is 9.59 Å². The lowest BCUT2D eigenvalue weighted by molar-refractivity contribution is -0.127. The predicted octanol–water partition coefficient (Wildman–Crippen LogP) is 4.48. The molecule has 0 spiro atoms. The molecule has 0 bridgehead atoms. The summed E-state index contributed by atoms with van der Waals surface area (Å²) < 4.78 is 0. The molecule has 1 heterocycles. The molecule has 0 saturated carbocycles. The molecule has 3 rings (SSSR count). The molecule has 5 nitrogen and oxygen atoms in total. The van der Waals surface area contributed by atoms with Crippen LogP contribution in [0.25, 0.3) is 0 Å². The van der Waals surface area contributed by atoms with Gasteiger partial charge in [-0.2, -0.15) is 5.26 Å². The van der Waals surface area contributed by atoms with Crippen molar-refractivity contribution < 1.29 is 9.59 Å². The Kier molecular flexibility index (Phi) is 5.38. The zero-order valence-electron chi connectivity index (χ0n) is 15.7. The van der Waals surface area contributed by atoms with Crippen molar-refractivity contribution in [3.05, 3.63) is 68.7 Å². The molecule has 1 atom stereocenters. The van der Waals surface area contributed by atoms with E-state index < -0.39 is 11.6 Å². The van der Waals surface area contributed by atoms with E-state index in [1.807, 2.05) is 20.8 Å². The van der Waals surface area contributed by atoms with Gasteiger partial charge >= 0.3 is 0 Å². The molecular weight excluding hydrogens is 397 g/mol. The number of rotatable bonds is 3. The van der Waals surface area contributed by atoms with Crippen LogP contribution in [0.1, 0.15) is 53.9 Å². The van der Waals surface area contributed by atoms with E-state index in [2.05, 4.69) is 11.4 Å². The average molecular weight is 416 g/mol. The molecule has 7 heteroatoms. The molecule has 2 aromatic rings. The van der Waals surface area contributed by atoms with Gasteiger partial charge in [0.2, 0.25) is 5.91 Å². The van der Waals surface area contributed by atoms with Crippen molar-refractivity contribution in [3.8, 4) is 6.07 Å². The monoisotopic (exact) mass is 415 g/mol. The Labute approximate surface area is 173 Å². The molecule has 0 saturated heterocycles. The highest BCUT2D eigenvalue weighted by Crippen LogP contribution is 2.39. The lowest BCUT2D eigenvalue weighted by Crippen LogP contribution is -2.46. The quantitative estimate of drug-likeness (QED) is 0.802. The molecule has 1 aliphatic rings. The fourth-order valence-corrected chi connectivity index (χ4v) is 3.51. The predicted molar refractivity (Wildman–Crippen MR) is 108 cm³/mol. The van der Waals surface area contributed by atoms with Crippen LogP contribution >= 0.6 is 23.2 Å². The molecule has 1 N–H and O–H groups in total. The van der Waals surface area contributed by atoms with Crippen LogP contribution in [0.15, 0.2) is 36.4 Å². The minimum Gasteiger partial charge on any atom is -0.349 e. The van der Waals surface area contributed by atoms with Crippen molar-refractivity contribution in [2.45, 2.75) is 38.9 Å². The Bertz CT molecular complexity index is 988. The molecule has 1 unspecified atom stereocenters. The molecule has 1 aliphatic heterocycles. The average Bonchev–Trinajstić information content (AvgIpc) is 2.86. The first-order chi connectivity index (χ1) is 13.1. The number of hydrogen-bond acceptors (Lipinski definition) is 3. The third-order valence-electron chi connectivity index (χ3n) is 4.37. The first-order valence-corrected chi connectivity index (χ1v) is 9.47. The van der Waals surface area contributed by atoms with E-state index in [0.717, 1.165) is 5.56 Å². The van der Waals surface area contributed by atoms with Gasteiger partial charge in [0.05, 0.1) is 21.7 Å². The van der Waals surface area contributed by atoms with Gasteiger partial charge in [-0.3, -0.25) is 9.59 Å². The number of nitrogens with one attached hydrogen (secondary N) is 1. The highest BCUT2D eigenvalue weighted by Gasteiger charge is 2.42. The smallest absolute Gasteiger partial charge is 0.255 e. The van der Waals surface area contributed by atoms with Crippen LogP contribution in [0.5, 0.6) is 0 Å². The second-order valence-electron chi connectivity index (χ2n) is 7.74. The summed E-state index contributed by atoms with van der Waals surface area (Å²) in [6.07, 6.45) is 0. The minimum absolute atomic E-state index is 0.219. The Morgan fingerprint density at radius 3 is 2.36 bits per heavy atom. The summed E-state index contributed by atoms with van der Waals surface area (Å²) in [6.45, 7) is 5.85. The van der Waals surface area contributed by atoms with Crippen molar-refractivity contribution in [1.82, 2.24) is 10.2 Å². The first kappa shape index (κ1) is 20.2. The molecular formula is C21H19Cl2N3O2. The Balaban J connectivity index is 2.02. The number of hydrogen-bond donors (Lipinski definition) is 1. The van der Waals surface area contributed by atoms with Crippen LogP contribution in [-0.4, -0.2) is 22.3 Å². The number of carbonyl (C=O) groups excluding carboxylic acids is 2. The second kappa shape index (κ2) is 7.46. The number of fused-ring (bicyclic) bond motifs is 1. The summed E-state index contributed by atoms with van der Waals surface area (Å²) >= 11 is 12.3. The van der Waals surface area contributed by atoms with Crippen molar-refractivity contribution in [1.29, 1.82) is 5.26 Å². The molecule has 0 radical (unpaired) electrons. The van der Waals surface area contributed by atoms with Crippen molar-refractivity contribution in [3.63, 3.8) is 0 Å². The van der Waals surface area contributed by atoms with E-state index in [4.69, 9.17) is 28.5 Å². The second-order valence-corrected chi connectivity index (χ2v) is 8.55. The number of nitriles is 1.